The zero-order chi connectivity index (χ0) is 17.2. The Bertz CT molecular complexity index is 919. The second-order valence-electron chi connectivity index (χ2n) is 6.29. The number of benzene rings is 1. The van der Waals surface area contributed by atoms with Crippen LogP contribution in [-0.2, 0) is 16.4 Å². The highest BCUT2D eigenvalue weighted by atomic mass is 32.2. The van der Waals surface area contributed by atoms with Gasteiger partial charge in [-0.15, -0.1) is 0 Å². The molecule has 1 heterocycles. The number of rotatable bonds is 6. The minimum atomic E-state index is -3.00. The van der Waals surface area contributed by atoms with Crippen LogP contribution >= 0.6 is 0 Å². The van der Waals surface area contributed by atoms with E-state index in [0.717, 1.165) is 36.0 Å². The number of hydrogen-bond acceptors (Lipinski definition) is 3. The van der Waals surface area contributed by atoms with Crippen molar-refractivity contribution in [2.45, 2.75) is 45.6 Å². The van der Waals surface area contributed by atoms with Crippen molar-refractivity contribution in [3.05, 3.63) is 40.8 Å². The SMILES string of the molecule is CCS(=O)(=O)CCCn1c(=O)n(C2=CCCCC2)c2ccccc21. The lowest BCUT2D eigenvalue weighted by atomic mass is 10.0. The zero-order valence-electron chi connectivity index (χ0n) is 14.1. The van der Waals surface area contributed by atoms with Gasteiger partial charge in [-0.25, -0.2) is 13.2 Å². The average molecular weight is 348 g/mol. The molecule has 0 saturated heterocycles. The van der Waals surface area contributed by atoms with Crippen LogP contribution in [0.2, 0.25) is 0 Å². The van der Waals surface area contributed by atoms with Crippen molar-refractivity contribution in [1.29, 1.82) is 0 Å². The molecule has 0 bridgehead atoms. The first-order valence-electron chi connectivity index (χ1n) is 8.63. The van der Waals surface area contributed by atoms with Gasteiger partial charge in [0.1, 0.15) is 9.84 Å². The van der Waals surface area contributed by atoms with Crippen LogP contribution in [0.3, 0.4) is 0 Å². The van der Waals surface area contributed by atoms with Gasteiger partial charge in [0.25, 0.3) is 0 Å². The number of aromatic nitrogens is 2. The highest BCUT2D eigenvalue weighted by Crippen LogP contribution is 2.24. The van der Waals surface area contributed by atoms with Gasteiger partial charge in [-0.05, 0) is 44.2 Å². The largest absolute Gasteiger partial charge is 0.333 e. The first kappa shape index (κ1) is 17.0. The fourth-order valence-electron chi connectivity index (χ4n) is 3.31. The second kappa shape index (κ2) is 6.97. The van der Waals surface area contributed by atoms with Gasteiger partial charge in [0.05, 0.1) is 16.8 Å². The van der Waals surface area contributed by atoms with Crippen LogP contribution in [0.4, 0.5) is 0 Å². The monoisotopic (exact) mass is 348 g/mol. The molecule has 24 heavy (non-hydrogen) atoms. The Morgan fingerprint density at radius 1 is 1.12 bits per heavy atom. The lowest BCUT2D eigenvalue weighted by molar-refractivity contribution is 0.586. The fourth-order valence-corrected chi connectivity index (χ4v) is 4.17. The molecule has 0 aliphatic heterocycles. The van der Waals surface area contributed by atoms with Gasteiger partial charge in [0, 0.05) is 18.0 Å². The molecule has 0 radical (unpaired) electrons. The van der Waals surface area contributed by atoms with E-state index in [1.807, 2.05) is 28.8 Å². The van der Waals surface area contributed by atoms with Crippen molar-refractivity contribution in [3.8, 4) is 0 Å². The maximum atomic E-state index is 12.9. The number of para-hydroxylation sites is 2. The Kier molecular flexibility index (Phi) is 4.94. The smallest absolute Gasteiger partial charge is 0.292 e. The average Bonchev–Trinajstić information content (AvgIpc) is 2.88. The van der Waals surface area contributed by atoms with Crippen molar-refractivity contribution >= 4 is 26.6 Å². The summed E-state index contributed by atoms with van der Waals surface area (Å²) >= 11 is 0. The highest BCUT2D eigenvalue weighted by Gasteiger charge is 2.17. The molecule has 0 N–H and O–H groups in total. The first-order valence-corrected chi connectivity index (χ1v) is 10.5. The van der Waals surface area contributed by atoms with Crippen LogP contribution in [-0.4, -0.2) is 29.1 Å². The third-order valence-corrected chi connectivity index (χ3v) is 6.46. The molecule has 0 fully saturated rings. The summed E-state index contributed by atoms with van der Waals surface area (Å²) in [5.74, 6) is 0.273. The number of hydrogen-bond donors (Lipinski definition) is 0. The molecule has 0 saturated carbocycles. The van der Waals surface area contributed by atoms with Crippen LogP contribution in [0.1, 0.15) is 39.0 Å². The molecule has 0 atom stereocenters. The molecular formula is C18H24N2O3S. The summed E-state index contributed by atoms with van der Waals surface area (Å²) in [7, 11) is -3.00. The van der Waals surface area contributed by atoms with E-state index >= 15 is 0 Å². The number of nitrogens with zero attached hydrogens (tertiary/aromatic N) is 2. The summed E-state index contributed by atoms with van der Waals surface area (Å²) in [6.07, 6.45) is 6.82. The quantitative estimate of drug-likeness (QED) is 0.806. The number of allylic oxidation sites excluding steroid dienone is 2. The molecule has 2 aromatic rings. The maximum Gasteiger partial charge on any atom is 0.333 e. The van der Waals surface area contributed by atoms with Crippen molar-refractivity contribution in [2.75, 3.05) is 11.5 Å². The summed E-state index contributed by atoms with van der Waals surface area (Å²) in [6, 6.07) is 7.75. The Morgan fingerprint density at radius 2 is 1.88 bits per heavy atom. The van der Waals surface area contributed by atoms with Gasteiger partial charge in [-0.1, -0.05) is 25.1 Å². The first-order chi connectivity index (χ1) is 11.5. The Hall–Kier alpha value is -1.82. The maximum absolute atomic E-state index is 12.9. The Morgan fingerprint density at radius 3 is 2.54 bits per heavy atom. The van der Waals surface area contributed by atoms with Crippen molar-refractivity contribution in [2.24, 2.45) is 0 Å². The van der Waals surface area contributed by atoms with Gasteiger partial charge in [-0.2, -0.15) is 0 Å². The Labute approximate surface area is 142 Å². The lowest BCUT2D eigenvalue weighted by Crippen LogP contribution is -2.25. The molecular weight excluding hydrogens is 324 g/mol. The zero-order valence-corrected chi connectivity index (χ0v) is 14.9. The van der Waals surface area contributed by atoms with E-state index in [1.54, 1.807) is 11.5 Å². The molecule has 1 aliphatic rings. The van der Waals surface area contributed by atoms with Crippen molar-refractivity contribution in [3.63, 3.8) is 0 Å². The Balaban J connectivity index is 1.98. The predicted molar refractivity (Wildman–Crippen MR) is 97.9 cm³/mol. The van der Waals surface area contributed by atoms with Crippen molar-refractivity contribution < 1.29 is 8.42 Å². The number of fused-ring (bicyclic) bond motifs is 1. The normalized spacial score (nSPS) is 15.6. The number of aryl methyl sites for hydroxylation is 1. The summed E-state index contributed by atoms with van der Waals surface area (Å²) in [4.78, 5) is 12.9. The van der Waals surface area contributed by atoms with E-state index in [0.29, 0.717) is 13.0 Å². The summed E-state index contributed by atoms with van der Waals surface area (Å²) in [6.45, 7) is 2.09. The van der Waals surface area contributed by atoms with Crippen LogP contribution in [0.25, 0.3) is 16.7 Å². The van der Waals surface area contributed by atoms with E-state index in [1.165, 1.54) is 6.42 Å². The van der Waals surface area contributed by atoms with E-state index in [-0.39, 0.29) is 17.2 Å². The molecule has 1 aromatic carbocycles. The third-order valence-electron chi connectivity index (χ3n) is 4.67. The summed E-state index contributed by atoms with van der Waals surface area (Å²) in [5, 5.41) is 0. The van der Waals surface area contributed by atoms with E-state index in [4.69, 9.17) is 0 Å². The summed E-state index contributed by atoms with van der Waals surface area (Å²) < 4.78 is 26.9. The fraction of sp³-hybridized carbons (Fsp3) is 0.500. The molecule has 130 valence electrons. The molecule has 1 aromatic heterocycles. The van der Waals surface area contributed by atoms with Gasteiger partial charge in [0.15, 0.2) is 0 Å². The van der Waals surface area contributed by atoms with Crippen LogP contribution in [0.15, 0.2) is 35.1 Å². The van der Waals surface area contributed by atoms with Crippen LogP contribution < -0.4 is 5.69 Å². The van der Waals surface area contributed by atoms with Crippen molar-refractivity contribution in [1.82, 2.24) is 9.13 Å². The number of sulfone groups is 1. The second-order valence-corrected chi connectivity index (χ2v) is 8.76. The van der Waals surface area contributed by atoms with E-state index in [9.17, 15) is 13.2 Å². The predicted octanol–water partition coefficient (Wildman–Crippen LogP) is 3.04. The van der Waals surface area contributed by atoms with Gasteiger partial charge < -0.3 is 0 Å². The molecule has 3 rings (SSSR count). The molecule has 6 heteroatoms. The molecule has 1 aliphatic carbocycles. The molecule has 0 unspecified atom stereocenters. The topological polar surface area (TPSA) is 61.1 Å². The highest BCUT2D eigenvalue weighted by molar-refractivity contribution is 7.91. The van der Waals surface area contributed by atoms with Gasteiger partial charge in [0.2, 0.25) is 0 Å². The molecule has 0 amide bonds. The van der Waals surface area contributed by atoms with Crippen LogP contribution in [0, 0.1) is 0 Å². The third kappa shape index (κ3) is 3.34. The lowest BCUT2D eigenvalue weighted by Gasteiger charge is -2.13. The summed E-state index contributed by atoms with van der Waals surface area (Å²) in [5.41, 5.74) is 2.80. The van der Waals surface area contributed by atoms with Gasteiger partial charge in [-0.3, -0.25) is 9.13 Å². The molecule has 0 spiro atoms. The minimum absolute atomic E-state index is 0.0572. The van der Waals surface area contributed by atoms with E-state index in [2.05, 4.69) is 6.08 Å². The minimum Gasteiger partial charge on any atom is -0.292 e. The standard InChI is InChI=1S/C18H24N2O3S/c1-2-24(22,23)14-8-13-19-16-11-6-7-12-17(16)20(18(19)21)15-9-4-3-5-10-15/h6-7,9,11-12H,2-5,8,10,13-14H2,1H3. The van der Waals surface area contributed by atoms with Gasteiger partial charge >= 0.3 is 5.69 Å². The van der Waals surface area contributed by atoms with E-state index < -0.39 is 9.84 Å². The number of imidazole rings is 1. The molecule has 5 nitrogen and oxygen atoms in total. The van der Waals surface area contributed by atoms with Crippen LogP contribution in [0.5, 0.6) is 0 Å².